The van der Waals surface area contributed by atoms with Gasteiger partial charge in [0.25, 0.3) is 0 Å². The Labute approximate surface area is 119 Å². The van der Waals surface area contributed by atoms with Gasteiger partial charge in [0.05, 0.1) is 0 Å². The van der Waals surface area contributed by atoms with E-state index in [4.69, 9.17) is 11.6 Å². The molecule has 2 aromatic rings. The maximum atomic E-state index is 6.06. The Morgan fingerprint density at radius 2 is 1.79 bits per heavy atom. The zero-order valence-electron chi connectivity index (χ0n) is 11.4. The Morgan fingerprint density at radius 3 is 2.47 bits per heavy atom. The molecule has 0 bridgehead atoms. The Morgan fingerprint density at radius 1 is 1.05 bits per heavy atom. The van der Waals surface area contributed by atoms with Crippen molar-refractivity contribution < 1.29 is 0 Å². The fraction of sp³-hybridized carbons (Fsp3) is 0.375. The number of rotatable bonds is 5. The van der Waals surface area contributed by atoms with Crippen LogP contribution >= 0.6 is 11.6 Å². The number of benzene rings is 1. The molecule has 0 atom stereocenters. The molecule has 19 heavy (non-hydrogen) atoms. The molecule has 0 amide bonds. The third kappa shape index (κ3) is 4.64. The van der Waals surface area contributed by atoms with Crippen molar-refractivity contribution in [1.82, 2.24) is 9.97 Å². The number of aryl methyl sites for hydroxylation is 2. The first-order chi connectivity index (χ1) is 9.13. The van der Waals surface area contributed by atoms with Crippen molar-refractivity contribution in [3.05, 3.63) is 58.6 Å². The Bertz CT molecular complexity index is 524. The second-order valence-electron chi connectivity index (χ2n) is 5.18. The molecule has 0 aliphatic heterocycles. The summed E-state index contributed by atoms with van der Waals surface area (Å²) in [5.41, 5.74) is 2.34. The molecular weight excluding hydrogens is 256 g/mol. The largest absolute Gasteiger partial charge is 0.238 e. The summed E-state index contributed by atoms with van der Waals surface area (Å²) < 4.78 is 0. The normalized spacial score (nSPS) is 10.9. The zero-order chi connectivity index (χ0) is 13.7. The predicted octanol–water partition coefficient (Wildman–Crippen LogP) is 4.11. The topological polar surface area (TPSA) is 25.8 Å². The van der Waals surface area contributed by atoms with E-state index >= 15 is 0 Å². The van der Waals surface area contributed by atoms with Gasteiger partial charge in [-0.1, -0.05) is 55.8 Å². The summed E-state index contributed by atoms with van der Waals surface area (Å²) in [5, 5.41) is 0.550. The van der Waals surface area contributed by atoms with E-state index in [0.29, 0.717) is 11.1 Å². The molecule has 0 N–H and O–H groups in total. The molecule has 2 rings (SSSR count). The van der Waals surface area contributed by atoms with Gasteiger partial charge in [-0.3, -0.25) is 0 Å². The Balaban J connectivity index is 2.05. The van der Waals surface area contributed by atoms with Crippen molar-refractivity contribution in [2.24, 2.45) is 5.92 Å². The van der Waals surface area contributed by atoms with Gasteiger partial charge in [0, 0.05) is 12.1 Å². The molecular formula is C16H19ClN2. The fourth-order valence-corrected chi connectivity index (χ4v) is 2.28. The van der Waals surface area contributed by atoms with Crippen LogP contribution in [0, 0.1) is 5.92 Å². The second-order valence-corrected chi connectivity index (χ2v) is 5.57. The van der Waals surface area contributed by atoms with Crippen molar-refractivity contribution in [2.45, 2.75) is 33.1 Å². The lowest BCUT2D eigenvalue weighted by Crippen LogP contribution is -2.04. The highest BCUT2D eigenvalue weighted by Crippen LogP contribution is 2.13. The first-order valence-corrected chi connectivity index (χ1v) is 7.07. The first-order valence-electron chi connectivity index (χ1n) is 6.70. The minimum absolute atomic E-state index is 0.550. The maximum Gasteiger partial charge on any atom is 0.133 e. The first kappa shape index (κ1) is 14.0. The van der Waals surface area contributed by atoms with Crippen LogP contribution in [0.2, 0.25) is 5.15 Å². The second kappa shape index (κ2) is 6.67. The van der Waals surface area contributed by atoms with E-state index < -0.39 is 0 Å². The average Bonchev–Trinajstić information content (AvgIpc) is 2.36. The highest BCUT2D eigenvalue weighted by Gasteiger charge is 2.06. The van der Waals surface area contributed by atoms with E-state index in [1.54, 1.807) is 0 Å². The van der Waals surface area contributed by atoms with Crippen LogP contribution in [0.25, 0.3) is 0 Å². The molecule has 100 valence electrons. The van der Waals surface area contributed by atoms with Gasteiger partial charge in [0.1, 0.15) is 11.0 Å². The smallest absolute Gasteiger partial charge is 0.133 e. The van der Waals surface area contributed by atoms with Crippen LogP contribution in [-0.2, 0) is 19.3 Å². The highest BCUT2D eigenvalue weighted by molar-refractivity contribution is 6.29. The molecule has 1 heterocycles. The molecule has 0 aliphatic carbocycles. The summed E-state index contributed by atoms with van der Waals surface area (Å²) in [4.78, 5) is 8.90. The molecule has 0 radical (unpaired) electrons. The van der Waals surface area contributed by atoms with Gasteiger partial charge < -0.3 is 0 Å². The third-order valence-corrected chi connectivity index (χ3v) is 3.09. The molecule has 3 heteroatoms. The van der Waals surface area contributed by atoms with Crippen molar-refractivity contribution in [2.75, 3.05) is 0 Å². The van der Waals surface area contributed by atoms with Crippen LogP contribution < -0.4 is 0 Å². The monoisotopic (exact) mass is 274 g/mol. The van der Waals surface area contributed by atoms with Crippen molar-refractivity contribution in [3.63, 3.8) is 0 Å². The van der Waals surface area contributed by atoms with E-state index in [1.807, 2.05) is 12.1 Å². The molecule has 0 unspecified atom stereocenters. The minimum atomic E-state index is 0.550. The van der Waals surface area contributed by atoms with E-state index in [1.165, 1.54) is 5.56 Å². The Hall–Kier alpha value is -1.41. The lowest BCUT2D eigenvalue weighted by Gasteiger charge is -2.07. The van der Waals surface area contributed by atoms with E-state index in [0.717, 1.165) is 30.8 Å². The molecule has 2 nitrogen and oxygen atoms in total. The van der Waals surface area contributed by atoms with Gasteiger partial charge >= 0.3 is 0 Å². The van der Waals surface area contributed by atoms with E-state index in [2.05, 4.69) is 48.1 Å². The fourth-order valence-electron chi connectivity index (χ4n) is 2.05. The van der Waals surface area contributed by atoms with Crippen LogP contribution in [-0.4, -0.2) is 9.97 Å². The van der Waals surface area contributed by atoms with Gasteiger partial charge in [-0.05, 0) is 30.4 Å². The standard InChI is InChI=1S/C16H19ClN2/c1-12(2)10-14-11-15(17)19-16(18-14)9-8-13-6-4-3-5-7-13/h3-7,11-12H,8-10H2,1-2H3. The molecule has 1 aromatic heterocycles. The van der Waals surface area contributed by atoms with Crippen molar-refractivity contribution in [1.29, 1.82) is 0 Å². The van der Waals surface area contributed by atoms with Gasteiger partial charge in [-0.2, -0.15) is 0 Å². The van der Waals surface area contributed by atoms with Gasteiger partial charge in [0.15, 0.2) is 0 Å². The van der Waals surface area contributed by atoms with Crippen LogP contribution in [0.15, 0.2) is 36.4 Å². The highest BCUT2D eigenvalue weighted by atomic mass is 35.5. The summed E-state index contributed by atoms with van der Waals surface area (Å²) >= 11 is 6.06. The summed E-state index contributed by atoms with van der Waals surface area (Å²) in [6.45, 7) is 4.36. The van der Waals surface area contributed by atoms with Gasteiger partial charge in [-0.25, -0.2) is 9.97 Å². The molecule has 0 spiro atoms. The van der Waals surface area contributed by atoms with Crippen LogP contribution in [0.3, 0.4) is 0 Å². The number of aromatic nitrogens is 2. The van der Waals surface area contributed by atoms with E-state index in [-0.39, 0.29) is 0 Å². The summed E-state index contributed by atoms with van der Waals surface area (Å²) in [7, 11) is 0. The third-order valence-electron chi connectivity index (χ3n) is 2.89. The zero-order valence-corrected chi connectivity index (χ0v) is 12.2. The summed E-state index contributed by atoms with van der Waals surface area (Å²) in [6.07, 6.45) is 2.72. The maximum absolute atomic E-state index is 6.06. The molecule has 0 saturated heterocycles. The van der Waals surface area contributed by atoms with E-state index in [9.17, 15) is 0 Å². The SMILES string of the molecule is CC(C)Cc1cc(Cl)nc(CCc2ccccc2)n1. The van der Waals surface area contributed by atoms with Crippen molar-refractivity contribution in [3.8, 4) is 0 Å². The molecule has 0 fully saturated rings. The number of hydrogen-bond acceptors (Lipinski definition) is 2. The van der Waals surface area contributed by atoms with Crippen LogP contribution in [0.5, 0.6) is 0 Å². The number of hydrogen-bond donors (Lipinski definition) is 0. The molecule has 1 aromatic carbocycles. The quantitative estimate of drug-likeness (QED) is 0.767. The number of nitrogens with zero attached hydrogens (tertiary/aromatic N) is 2. The average molecular weight is 275 g/mol. The summed E-state index contributed by atoms with van der Waals surface area (Å²) in [5.74, 6) is 1.42. The van der Waals surface area contributed by atoms with Crippen molar-refractivity contribution >= 4 is 11.6 Å². The lowest BCUT2D eigenvalue weighted by molar-refractivity contribution is 0.629. The number of halogens is 1. The van der Waals surface area contributed by atoms with Gasteiger partial charge in [-0.15, -0.1) is 0 Å². The Kier molecular flexibility index (Phi) is 4.92. The predicted molar refractivity (Wildman–Crippen MR) is 79.4 cm³/mol. The minimum Gasteiger partial charge on any atom is -0.238 e. The molecule has 0 aliphatic rings. The van der Waals surface area contributed by atoms with Gasteiger partial charge in [0.2, 0.25) is 0 Å². The molecule has 0 saturated carbocycles. The van der Waals surface area contributed by atoms with Crippen LogP contribution in [0.1, 0.15) is 30.9 Å². The van der Waals surface area contributed by atoms with Crippen LogP contribution in [0.4, 0.5) is 0 Å². The summed E-state index contributed by atoms with van der Waals surface area (Å²) in [6, 6.07) is 12.3. The lowest BCUT2D eigenvalue weighted by atomic mass is 10.1.